The Balaban J connectivity index is 0.000000861. The van der Waals surface area contributed by atoms with Crippen LogP contribution in [0.3, 0.4) is 0 Å². The highest BCUT2D eigenvalue weighted by molar-refractivity contribution is 5.68. The zero-order valence-electron chi connectivity index (χ0n) is 11.4. The molecule has 5 nitrogen and oxygen atoms in total. The Morgan fingerprint density at radius 2 is 1.74 bits per heavy atom. The fraction of sp³-hybridized carbons (Fsp3) is 0.214. The number of hydrogen-bond donors (Lipinski definition) is 4. The zero-order valence-corrected chi connectivity index (χ0v) is 11.4. The van der Waals surface area contributed by atoms with Gasteiger partial charge in [0.1, 0.15) is 5.82 Å². The van der Waals surface area contributed by atoms with E-state index in [1.165, 1.54) is 0 Å². The molecule has 0 spiro atoms. The summed E-state index contributed by atoms with van der Waals surface area (Å²) < 4.78 is 0. The van der Waals surface area contributed by atoms with Crippen molar-refractivity contribution in [3.63, 3.8) is 0 Å². The van der Waals surface area contributed by atoms with Crippen LogP contribution in [-0.2, 0) is 6.42 Å². The van der Waals surface area contributed by atoms with Crippen molar-refractivity contribution in [2.75, 3.05) is 16.9 Å². The minimum Gasteiger partial charge on any atom is -0.395 e. The predicted octanol–water partition coefficient (Wildman–Crippen LogP) is 2.15. The average Bonchev–Trinajstić information content (AvgIpc) is 2.46. The molecule has 1 aromatic carbocycles. The molecular formula is C14H21N5. The third-order valence-electron chi connectivity index (χ3n) is 2.54. The third-order valence-corrected chi connectivity index (χ3v) is 2.54. The van der Waals surface area contributed by atoms with Crippen molar-refractivity contribution >= 4 is 17.3 Å². The molecule has 2 rings (SSSR count). The van der Waals surface area contributed by atoms with Crippen molar-refractivity contribution in [3.05, 3.63) is 47.5 Å². The summed E-state index contributed by atoms with van der Waals surface area (Å²) in [4.78, 5) is 4.01. The average molecular weight is 259 g/mol. The Bertz CT molecular complexity index is 511. The molecule has 0 atom stereocenters. The Morgan fingerprint density at radius 3 is 2.32 bits per heavy atom. The first-order chi connectivity index (χ1) is 9.20. The molecule has 0 aliphatic carbocycles. The fourth-order valence-electron chi connectivity index (χ4n) is 1.70. The molecule has 102 valence electrons. The molecular weight excluding hydrogens is 238 g/mol. The second-order valence-corrected chi connectivity index (χ2v) is 3.78. The summed E-state index contributed by atoms with van der Waals surface area (Å²) in [6.45, 7) is 4.00. The maximum atomic E-state index is 5.95. The SMILES string of the molecule is CC.NNc1nc(N)cc(Cc2ccccc2)c1N. The fourth-order valence-corrected chi connectivity index (χ4v) is 1.70. The van der Waals surface area contributed by atoms with E-state index in [0.717, 1.165) is 11.1 Å². The summed E-state index contributed by atoms with van der Waals surface area (Å²) in [5.74, 6) is 6.15. The molecule has 0 fully saturated rings. The lowest BCUT2D eigenvalue weighted by molar-refractivity contribution is 1.16. The van der Waals surface area contributed by atoms with Gasteiger partial charge in [-0.2, -0.15) is 0 Å². The predicted molar refractivity (Wildman–Crippen MR) is 81.5 cm³/mol. The molecule has 0 unspecified atom stereocenters. The van der Waals surface area contributed by atoms with Gasteiger partial charge < -0.3 is 16.9 Å². The minimum absolute atomic E-state index is 0.401. The maximum Gasteiger partial charge on any atom is 0.165 e. The number of rotatable bonds is 3. The Morgan fingerprint density at radius 1 is 1.11 bits per heavy atom. The van der Waals surface area contributed by atoms with Gasteiger partial charge in [0.05, 0.1) is 5.69 Å². The summed E-state index contributed by atoms with van der Waals surface area (Å²) in [5, 5.41) is 0. The molecule has 19 heavy (non-hydrogen) atoms. The van der Waals surface area contributed by atoms with Gasteiger partial charge in [-0.15, -0.1) is 0 Å². The van der Waals surface area contributed by atoms with Crippen LogP contribution in [-0.4, -0.2) is 4.98 Å². The number of hydrazine groups is 1. The Labute approximate surface area is 113 Å². The van der Waals surface area contributed by atoms with E-state index in [1.807, 2.05) is 44.2 Å². The lowest BCUT2D eigenvalue weighted by Gasteiger charge is -2.11. The summed E-state index contributed by atoms with van der Waals surface area (Å²) in [7, 11) is 0. The van der Waals surface area contributed by atoms with Gasteiger partial charge in [-0.25, -0.2) is 10.8 Å². The number of anilines is 3. The molecule has 1 aromatic heterocycles. The monoisotopic (exact) mass is 259 g/mol. The highest BCUT2D eigenvalue weighted by Crippen LogP contribution is 2.24. The lowest BCUT2D eigenvalue weighted by atomic mass is 10.0. The van der Waals surface area contributed by atoms with Crippen LogP contribution in [0.1, 0.15) is 25.0 Å². The third kappa shape index (κ3) is 3.86. The van der Waals surface area contributed by atoms with Gasteiger partial charge in [-0.1, -0.05) is 44.2 Å². The summed E-state index contributed by atoms with van der Waals surface area (Å²) >= 11 is 0. The largest absolute Gasteiger partial charge is 0.395 e. The van der Waals surface area contributed by atoms with Crippen molar-refractivity contribution in [1.82, 2.24) is 4.98 Å². The second kappa shape index (κ2) is 7.23. The van der Waals surface area contributed by atoms with Crippen molar-refractivity contribution in [2.45, 2.75) is 20.3 Å². The van der Waals surface area contributed by atoms with Crippen LogP contribution in [0.4, 0.5) is 17.3 Å². The zero-order chi connectivity index (χ0) is 14.3. The molecule has 7 N–H and O–H groups in total. The van der Waals surface area contributed by atoms with E-state index in [-0.39, 0.29) is 0 Å². The van der Waals surface area contributed by atoms with E-state index >= 15 is 0 Å². The van der Waals surface area contributed by atoms with Crippen molar-refractivity contribution in [3.8, 4) is 0 Å². The summed E-state index contributed by atoms with van der Waals surface area (Å²) in [5.41, 5.74) is 16.7. The molecule has 0 saturated carbocycles. The van der Waals surface area contributed by atoms with E-state index in [9.17, 15) is 0 Å². The quantitative estimate of drug-likeness (QED) is 0.499. The summed E-state index contributed by atoms with van der Waals surface area (Å²) in [6.07, 6.45) is 0.702. The first-order valence-electron chi connectivity index (χ1n) is 6.26. The lowest BCUT2D eigenvalue weighted by Crippen LogP contribution is -2.13. The number of aromatic nitrogens is 1. The molecule has 0 bridgehead atoms. The number of hydrogen-bond acceptors (Lipinski definition) is 5. The maximum absolute atomic E-state index is 5.95. The highest BCUT2D eigenvalue weighted by atomic mass is 15.3. The minimum atomic E-state index is 0.401. The number of pyridine rings is 1. The van der Waals surface area contributed by atoms with Crippen LogP contribution in [0.25, 0.3) is 0 Å². The number of nitrogen functional groups attached to an aromatic ring is 3. The van der Waals surface area contributed by atoms with E-state index in [2.05, 4.69) is 10.4 Å². The number of benzene rings is 1. The first-order valence-corrected chi connectivity index (χ1v) is 6.26. The molecule has 0 saturated heterocycles. The van der Waals surface area contributed by atoms with Crippen LogP contribution in [0.2, 0.25) is 0 Å². The molecule has 0 aliphatic heterocycles. The van der Waals surface area contributed by atoms with Gasteiger partial charge in [0.2, 0.25) is 0 Å². The molecule has 0 radical (unpaired) electrons. The van der Waals surface area contributed by atoms with E-state index in [0.29, 0.717) is 23.7 Å². The number of nitrogens with zero attached hydrogens (tertiary/aromatic N) is 1. The van der Waals surface area contributed by atoms with Gasteiger partial charge in [0.15, 0.2) is 5.82 Å². The first kappa shape index (κ1) is 14.8. The second-order valence-electron chi connectivity index (χ2n) is 3.78. The van der Waals surface area contributed by atoms with E-state index in [4.69, 9.17) is 17.3 Å². The van der Waals surface area contributed by atoms with Crippen LogP contribution in [0.5, 0.6) is 0 Å². The molecule has 5 heteroatoms. The van der Waals surface area contributed by atoms with Crippen LogP contribution in [0, 0.1) is 0 Å². The van der Waals surface area contributed by atoms with E-state index < -0.39 is 0 Å². The molecule has 0 amide bonds. The highest BCUT2D eigenvalue weighted by Gasteiger charge is 2.08. The van der Waals surface area contributed by atoms with Gasteiger partial charge in [-0.05, 0) is 23.6 Å². The van der Waals surface area contributed by atoms with Crippen LogP contribution < -0.4 is 22.7 Å². The van der Waals surface area contributed by atoms with Gasteiger partial charge in [0, 0.05) is 0 Å². The van der Waals surface area contributed by atoms with Crippen molar-refractivity contribution in [2.24, 2.45) is 5.84 Å². The molecule has 2 aromatic rings. The van der Waals surface area contributed by atoms with E-state index in [1.54, 1.807) is 6.07 Å². The Hall–Kier alpha value is -2.27. The normalized spacial score (nSPS) is 9.42. The van der Waals surface area contributed by atoms with Crippen LogP contribution in [0.15, 0.2) is 36.4 Å². The smallest absolute Gasteiger partial charge is 0.165 e. The molecule has 1 heterocycles. The standard InChI is InChI=1S/C12H15N5.C2H6/c13-10-7-9(11(14)12(16-10)17-15)6-8-4-2-1-3-5-8;1-2/h1-5,7H,6,14-15H2,(H3,13,16,17);1-2H3. The van der Waals surface area contributed by atoms with Gasteiger partial charge in [0.25, 0.3) is 0 Å². The number of nitrogens with one attached hydrogen (secondary N) is 1. The van der Waals surface area contributed by atoms with Gasteiger partial charge >= 0.3 is 0 Å². The number of nitrogens with two attached hydrogens (primary N) is 3. The Kier molecular flexibility index (Phi) is 5.63. The van der Waals surface area contributed by atoms with Gasteiger partial charge in [-0.3, -0.25) is 0 Å². The van der Waals surface area contributed by atoms with Crippen molar-refractivity contribution in [1.29, 1.82) is 0 Å². The van der Waals surface area contributed by atoms with Crippen molar-refractivity contribution < 1.29 is 0 Å². The van der Waals surface area contributed by atoms with Crippen LogP contribution >= 0.6 is 0 Å². The topological polar surface area (TPSA) is 103 Å². The summed E-state index contributed by atoms with van der Waals surface area (Å²) in [6, 6.07) is 11.8. The molecule has 0 aliphatic rings.